The van der Waals surface area contributed by atoms with E-state index in [1.54, 1.807) is 24.0 Å². The minimum absolute atomic E-state index is 0.142. The number of carbonyl (C=O) groups excluding carboxylic acids is 3. The number of amides is 5. The zero-order chi connectivity index (χ0) is 16.6. The smallest absolute Gasteiger partial charge is 0.322 e. The highest BCUT2D eigenvalue weighted by molar-refractivity contribution is 6.04. The third-order valence-electron chi connectivity index (χ3n) is 3.69. The van der Waals surface area contributed by atoms with Gasteiger partial charge < -0.3 is 25.7 Å². The molecule has 0 radical (unpaired) electrons. The molecule has 2 fully saturated rings. The Morgan fingerprint density at radius 2 is 2.26 bits per heavy atom. The number of nitrogens with two attached hydrogens (primary N) is 1. The van der Waals surface area contributed by atoms with E-state index in [1.165, 1.54) is 0 Å². The molecule has 5 amide bonds. The van der Waals surface area contributed by atoms with Gasteiger partial charge in [-0.2, -0.15) is 0 Å². The third kappa shape index (κ3) is 2.98. The summed E-state index contributed by atoms with van der Waals surface area (Å²) < 4.78 is 5.54. The minimum atomic E-state index is -0.839. The lowest BCUT2D eigenvalue weighted by Gasteiger charge is -2.13. The van der Waals surface area contributed by atoms with Crippen LogP contribution in [-0.4, -0.2) is 42.5 Å². The lowest BCUT2D eigenvalue weighted by atomic mass is 10.1. The van der Waals surface area contributed by atoms with E-state index < -0.39 is 18.0 Å². The maximum Gasteiger partial charge on any atom is 0.322 e. The van der Waals surface area contributed by atoms with Crippen molar-refractivity contribution < 1.29 is 18.8 Å². The second kappa shape index (κ2) is 5.67. The van der Waals surface area contributed by atoms with Gasteiger partial charge in [-0.05, 0) is 19.1 Å². The van der Waals surface area contributed by atoms with Gasteiger partial charge >= 0.3 is 12.1 Å². The van der Waals surface area contributed by atoms with E-state index in [-0.39, 0.29) is 6.03 Å². The van der Waals surface area contributed by atoms with Crippen molar-refractivity contribution >= 4 is 24.0 Å². The molecule has 1 aromatic rings. The van der Waals surface area contributed by atoms with Gasteiger partial charge in [-0.15, -0.1) is 0 Å². The van der Waals surface area contributed by atoms with Gasteiger partial charge in [0.05, 0.1) is 6.54 Å². The van der Waals surface area contributed by atoms with Crippen molar-refractivity contribution in [3.63, 3.8) is 0 Å². The summed E-state index contributed by atoms with van der Waals surface area (Å²) in [6, 6.07) is 0.123. The SMILES string of the molecule is Cc1oc([C@@H]2NC(=O)NC2=O)cc1/C=C(\N)CN1CCNC1=O. The molecule has 0 saturated carbocycles. The summed E-state index contributed by atoms with van der Waals surface area (Å²) in [6.07, 6.45) is 1.70. The van der Waals surface area contributed by atoms with Crippen LogP contribution < -0.4 is 21.7 Å². The summed E-state index contributed by atoms with van der Waals surface area (Å²) in [5.41, 5.74) is 7.18. The Kier molecular flexibility index (Phi) is 3.68. The van der Waals surface area contributed by atoms with Crippen molar-refractivity contribution in [3.8, 4) is 0 Å². The number of hydrogen-bond acceptors (Lipinski definition) is 5. The fraction of sp³-hybridized carbons (Fsp3) is 0.357. The molecular weight excluding hydrogens is 302 g/mol. The summed E-state index contributed by atoms with van der Waals surface area (Å²) in [4.78, 5) is 35.9. The monoisotopic (exact) mass is 319 g/mol. The number of imide groups is 1. The van der Waals surface area contributed by atoms with Gasteiger partial charge in [0.15, 0.2) is 6.04 Å². The molecule has 0 bridgehead atoms. The number of rotatable bonds is 4. The molecule has 2 aliphatic rings. The number of aryl methyl sites for hydroxylation is 1. The van der Waals surface area contributed by atoms with Crippen molar-refractivity contribution in [2.75, 3.05) is 19.6 Å². The molecule has 2 saturated heterocycles. The number of furan rings is 1. The summed E-state index contributed by atoms with van der Waals surface area (Å²) in [5, 5.41) is 7.32. The second-order valence-electron chi connectivity index (χ2n) is 5.43. The van der Waals surface area contributed by atoms with E-state index in [2.05, 4.69) is 16.0 Å². The summed E-state index contributed by atoms with van der Waals surface area (Å²) in [5.74, 6) is 0.451. The lowest BCUT2D eigenvalue weighted by molar-refractivity contribution is -0.120. The summed E-state index contributed by atoms with van der Waals surface area (Å²) in [7, 11) is 0. The first kappa shape index (κ1) is 14.9. The van der Waals surface area contributed by atoms with Crippen LogP contribution in [-0.2, 0) is 4.79 Å². The molecule has 122 valence electrons. The molecule has 0 unspecified atom stereocenters. The number of carbonyl (C=O) groups is 3. The van der Waals surface area contributed by atoms with Crippen LogP contribution in [0.4, 0.5) is 9.59 Å². The van der Waals surface area contributed by atoms with Gasteiger partial charge in [0, 0.05) is 24.4 Å². The van der Waals surface area contributed by atoms with Gasteiger partial charge in [-0.3, -0.25) is 10.1 Å². The van der Waals surface area contributed by atoms with Crippen LogP contribution in [0.3, 0.4) is 0 Å². The van der Waals surface area contributed by atoms with Crippen LogP contribution in [0.2, 0.25) is 0 Å². The van der Waals surface area contributed by atoms with E-state index in [0.29, 0.717) is 42.4 Å². The zero-order valence-electron chi connectivity index (χ0n) is 12.5. The Morgan fingerprint density at radius 1 is 1.48 bits per heavy atom. The van der Waals surface area contributed by atoms with Gasteiger partial charge in [0.1, 0.15) is 11.5 Å². The first-order chi connectivity index (χ1) is 10.9. The molecule has 0 aliphatic carbocycles. The van der Waals surface area contributed by atoms with Crippen LogP contribution >= 0.6 is 0 Å². The molecule has 0 spiro atoms. The van der Waals surface area contributed by atoms with Gasteiger partial charge in [0.2, 0.25) is 0 Å². The Hall–Kier alpha value is -2.97. The molecule has 1 aromatic heterocycles. The molecule has 2 aliphatic heterocycles. The number of nitrogens with one attached hydrogen (secondary N) is 3. The first-order valence-corrected chi connectivity index (χ1v) is 7.14. The summed E-state index contributed by atoms with van der Waals surface area (Å²) in [6.45, 7) is 3.26. The number of urea groups is 2. The highest BCUT2D eigenvalue weighted by Gasteiger charge is 2.33. The van der Waals surface area contributed by atoms with Crippen LogP contribution in [0.1, 0.15) is 23.1 Å². The maximum atomic E-state index is 11.6. The molecule has 3 heterocycles. The largest absolute Gasteiger partial charge is 0.463 e. The van der Waals surface area contributed by atoms with E-state index in [1.807, 2.05) is 0 Å². The average molecular weight is 319 g/mol. The van der Waals surface area contributed by atoms with Crippen molar-refractivity contribution in [3.05, 3.63) is 28.8 Å². The molecule has 23 heavy (non-hydrogen) atoms. The molecule has 9 nitrogen and oxygen atoms in total. The van der Waals surface area contributed by atoms with Crippen LogP contribution in [0.25, 0.3) is 6.08 Å². The van der Waals surface area contributed by atoms with E-state index in [4.69, 9.17) is 10.2 Å². The Bertz CT molecular complexity index is 708. The van der Waals surface area contributed by atoms with E-state index in [0.717, 1.165) is 0 Å². The van der Waals surface area contributed by atoms with Crippen LogP contribution in [0, 0.1) is 6.92 Å². The molecule has 1 atom stereocenters. The highest BCUT2D eigenvalue weighted by Crippen LogP contribution is 2.24. The molecule has 3 rings (SSSR count). The van der Waals surface area contributed by atoms with Crippen molar-refractivity contribution in [2.45, 2.75) is 13.0 Å². The molecule has 0 aromatic carbocycles. The van der Waals surface area contributed by atoms with E-state index >= 15 is 0 Å². The normalized spacial score (nSPS) is 21.4. The summed E-state index contributed by atoms with van der Waals surface area (Å²) >= 11 is 0. The van der Waals surface area contributed by atoms with Crippen molar-refractivity contribution in [1.82, 2.24) is 20.9 Å². The third-order valence-corrected chi connectivity index (χ3v) is 3.69. The minimum Gasteiger partial charge on any atom is -0.463 e. The standard InChI is InChI=1S/C14H17N5O4/c1-7-8(4-9(15)6-19-3-2-16-14(19)22)5-10(23-7)11-12(20)18-13(21)17-11/h4-5,11H,2-3,6,15H2,1H3,(H,16,22)(H2,17,18,20,21)/b9-4-/t11-/m0/s1. The predicted octanol–water partition coefficient (Wildman–Crippen LogP) is -0.207. The van der Waals surface area contributed by atoms with E-state index in [9.17, 15) is 14.4 Å². The zero-order valence-corrected chi connectivity index (χ0v) is 12.5. The second-order valence-corrected chi connectivity index (χ2v) is 5.43. The maximum absolute atomic E-state index is 11.6. The fourth-order valence-corrected chi connectivity index (χ4v) is 2.55. The molecule has 5 N–H and O–H groups in total. The number of hydrogen-bond donors (Lipinski definition) is 4. The van der Waals surface area contributed by atoms with Crippen LogP contribution in [0.15, 0.2) is 16.2 Å². The molecule has 9 heteroatoms. The average Bonchev–Trinajstić information content (AvgIpc) is 3.12. The topological polar surface area (TPSA) is 130 Å². The quantitative estimate of drug-likeness (QED) is 0.571. The van der Waals surface area contributed by atoms with Gasteiger partial charge in [-0.25, -0.2) is 9.59 Å². The Balaban J connectivity index is 1.75. The lowest BCUT2D eigenvalue weighted by Crippen LogP contribution is -2.31. The highest BCUT2D eigenvalue weighted by atomic mass is 16.3. The Labute approximate surface area is 131 Å². The van der Waals surface area contributed by atoms with Gasteiger partial charge in [0.25, 0.3) is 5.91 Å². The van der Waals surface area contributed by atoms with Crippen LogP contribution in [0.5, 0.6) is 0 Å². The van der Waals surface area contributed by atoms with Crippen molar-refractivity contribution in [1.29, 1.82) is 0 Å². The van der Waals surface area contributed by atoms with Crippen molar-refractivity contribution in [2.24, 2.45) is 5.73 Å². The first-order valence-electron chi connectivity index (χ1n) is 7.14. The fourth-order valence-electron chi connectivity index (χ4n) is 2.55. The van der Waals surface area contributed by atoms with Gasteiger partial charge in [-0.1, -0.05) is 0 Å². The predicted molar refractivity (Wildman–Crippen MR) is 80.0 cm³/mol. The number of nitrogens with zero attached hydrogens (tertiary/aromatic N) is 1. The molecular formula is C14H17N5O4. The Morgan fingerprint density at radius 3 is 2.87 bits per heavy atom.